The molecule has 16 heavy (non-hydrogen) atoms. The number of benzene rings is 2. The van der Waals surface area contributed by atoms with Gasteiger partial charge in [0, 0.05) is 4.90 Å². The third-order valence-electron chi connectivity index (χ3n) is 2.30. The van der Waals surface area contributed by atoms with Crippen molar-refractivity contribution < 1.29 is 4.74 Å². The maximum absolute atomic E-state index is 5.76. The number of aryl methyl sites for hydroxylation is 1. The van der Waals surface area contributed by atoms with Gasteiger partial charge in [-0.15, -0.1) is 11.8 Å². The Hall–Kier alpha value is -1.41. The van der Waals surface area contributed by atoms with Crippen LogP contribution in [0.25, 0.3) is 0 Å². The van der Waals surface area contributed by atoms with Gasteiger partial charge < -0.3 is 4.74 Å². The van der Waals surface area contributed by atoms with Gasteiger partial charge >= 0.3 is 0 Å². The average molecular weight is 230 g/mol. The molecule has 0 aliphatic carbocycles. The molecular formula is C14H14OS. The molecule has 2 heteroatoms. The summed E-state index contributed by atoms with van der Waals surface area (Å²) >= 11 is 1.72. The second-order valence-corrected chi connectivity index (χ2v) is 4.47. The van der Waals surface area contributed by atoms with Crippen LogP contribution in [0.3, 0.4) is 0 Å². The molecule has 0 unspecified atom stereocenters. The fourth-order valence-electron chi connectivity index (χ4n) is 1.41. The molecule has 0 spiro atoms. The first-order valence-corrected chi connectivity index (χ1v) is 6.39. The molecule has 0 saturated carbocycles. The monoisotopic (exact) mass is 230 g/mol. The van der Waals surface area contributed by atoms with Gasteiger partial charge in [0.1, 0.15) is 11.5 Å². The molecule has 0 aromatic heterocycles. The lowest BCUT2D eigenvalue weighted by Gasteiger charge is -2.06. The van der Waals surface area contributed by atoms with Crippen molar-refractivity contribution in [3.05, 3.63) is 54.1 Å². The molecule has 0 N–H and O–H groups in total. The summed E-state index contributed by atoms with van der Waals surface area (Å²) in [5, 5.41) is 0. The third kappa shape index (κ3) is 2.80. The predicted molar refractivity (Wildman–Crippen MR) is 69.5 cm³/mol. The van der Waals surface area contributed by atoms with Gasteiger partial charge in [0.2, 0.25) is 0 Å². The predicted octanol–water partition coefficient (Wildman–Crippen LogP) is 4.51. The Bertz CT molecular complexity index is 462. The molecule has 2 rings (SSSR count). The van der Waals surface area contributed by atoms with Crippen molar-refractivity contribution in [3.8, 4) is 11.5 Å². The van der Waals surface area contributed by atoms with Crippen molar-refractivity contribution >= 4 is 11.8 Å². The van der Waals surface area contributed by atoms with E-state index in [1.54, 1.807) is 11.8 Å². The number of ether oxygens (including phenoxy) is 1. The molecule has 1 nitrogen and oxygen atoms in total. The molecule has 0 aliphatic rings. The minimum atomic E-state index is 0.879. The molecule has 0 bridgehead atoms. The molecule has 2 aromatic carbocycles. The molecular weight excluding hydrogens is 216 g/mol. The van der Waals surface area contributed by atoms with Crippen molar-refractivity contribution in [3.63, 3.8) is 0 Å². The molecule has 2 aromatic rings. The van der Waals surface area contributed by atoms with Crippen LogP contribution < -0.4 is 4.74 Å². The highest BCUT2D eigenvalue weighted by Crippen LogP contribution is 2.25. The summed E-state index contributed by atoms with van der Waals surface area (Å²) < 4.78 is 5.76. The van der Waals surface area contributed by atoms with Crippen molar-refractivity contribution in [2.24, 2.45) is 0 Å². The summed E-state index contributed by atoms with van der Waals surface area (Å²) in [7, 11) is 0. The van der Waals surface area contributed by atoms with Gasteiger partial charge in [-0.2, -0.15) is 0 Å². The SMILES string of the molecule is CSc1cccc(Oc2ccc(C)cc2)c1. The average Bonchev–Trinajstić information content (AvgIpc) is 2.32. The zero-order chi connectivity index (χ0) is 11.4. The van der Waals surface area contributed by atoms with E-state index in [2.05, 4.69) is 19.2 Å². The third-order valence-corrected chi connectivity index (χ3v) is 3.02. The van der Waals surface area contributed by atoms with E-state index in [0.717, 1.165) is 11.5 Å². The minimum absolute atomic E-state index is 0.879. The fourth-order valence-corrected chi connectivity index (χ4v) is 1.86. The summed E-state index contributed by atoms with van der Waals surface area (Å²) in [6, 6.07) is 16.2. The highest BCUT2D eigenvalue weighted by atomic mass is 32.2. The van der Waals surface area contributed by atoms with E-state index in [4.69, 9.17) is 4.74 Å². The standard InChI is InChI=1S/C14H14OS/c1-11-6-8-12(9-7-11)15-13-4-3-5-14(10-13)16-2/h3-10H,1-2H3. The van der Waals surface area contributed by atoms with Crippen LogP contribution in [0.1, 0.15) is 5.56 Å². The molecule has 0 heterocycles. The topological polar surface area (TPSA) is 9.23 Å². The number of hydrogen-bond donors (Lipinski definition) is 0. The van der Waals surface area contributed by atoms with Crippen LogP contribution in [-0.2, 0) is 0 Å². The first kappa shape index (κ1) is 11.1. The van der Waals surface area contributed by atoms with E-state index in [-0.39, 0.29) is 0 Å². The highest BCUT2D eigenvalue weighted by Gasteiger charge is 1.98. The summed E-state index contributed by atoms with van der Waals surface area (Å²) in [6.45, 7) is 2.07. The Morgan fingerprint density at radius 3 is 2.38 bits per heavy atom. The number of rotatable bonds is 3. The van der Waals surface area contributed by atoms with E-state index >= 15 is 0 Å². The second-order valence-electron chi connectivity index (χ2n) is 3.59. The van der Waals surface area contributed by atoms with Crippen LogP contribution in [-0.4, -0.2) is 6.26 Å². The highest BCUT2D eigenvalue weighted by molar-refractivity contribution is 7.98. The second kappa shape index (κ2) is 5.08. The van der Waals surface area contributed by atoms with Crippen molar-refractivity contribution in [2.45, 2.75) is 11.8 Å². The Morgan fingerprint density at radius 2 is 1.69 bits per heavy atom. The quantitative estimate of drug-likeness (QED) is 0.717. The molecule has 0 amide bonds. The van der Waals surface area contributed by atoms with Gasteiger partial charge in [0.05, 0.1) is 0 Å². The molecule has 0 radical (unpaired) electrons. The van der Waals surface area contributed by atoms with Crippen molar-refractivity contribution in [1.82, 2.24) is 0 Å². The lowest BCUT2D eigenvalue weighted by Crippen LogP contribution is -1.84. The van der Waals surface area contributed by atoms with Gasteiger partial charge in [0.25, 0.3) is 0 Å². The summed E-state index contributed by atoms with van der Waals surface area (Å²) in [4.78, 5) is 1.21. The zero-order valence-electron chi connectivity index (χ0n) is 9.44. The lowest BCUT2D eigenvalue weighted by atomic mass is 10.2. The van der Waals surface area contributed by atoms with E-state index in [1.807, 2.05) is 42.5 Å². The van der Waals surface area contributed by atoms with Crippen LogP contribution in [0.5, 0.6) is 11.5 Å². The maximum atomic E-state index is 5.76. The molecule has 0 fully saturated rings. The Morgan fingerprint density at radius 1 is 0.938 bits per heavy atom. The van der Waals surface area contributed by atoms with Gasteiger partial charge in [-0.1, -0.05) is 23.8 Å². The minimum Gasteiger partial charge on any atom is -0.457 e. The first-order valence-electron chi connectivity index (χ1n) is 5.16. The van der Waals surface area contributed by atoms with E-state index in [0.29, 0.717) is 0 Å². The number of thioether (sulfide) groups is 1. The molecule has 0 saturated heterocycles. The molecule has 0 aliphatic heterocycles. The van der Waals surface area contributed by atoms with E-state index in [1.165, 1.54) is 10.5 Å². The van der Waals surface area contributed by atoms with E-state index in [9.17, 15) is 0 Å². The summed E-state index contributed by atoms with van der Waals surface area (Å²) in [5.74, 6) is 1.76. The summed E-state index contributed by atoms with van der Waals surface area (Å²) in [6.07, 6.45) is 2.06. The molecule has 0 atom stereocenters. The largest absolute Gasteiger partial charge is 0.457 e. The Balaban J connectivity index is 2.16. The zero-order valence-corrected chi connectivity index (χ0v) is 10.3. The first-order chi connectivity index (χ1) is 7.78. The van der Waals surface area contributed by atoms with Gasteiger partial charge in [0.15, 0.2) is 0 Å². The van der Waals surface area contributed by atoms with Crippen molar-refractivity contribution in [2.75, 3.05) is 6.26 Å². The van der Waals surface area contributed by atoms with Gasteiger partial charge in [-0.3, -0.25) is 0 Å². The van der Waals surface area contributed by atoms with E-state index < -0.39 is 0 Å². The van der Waals surface area contributed by atoms with Crippen LogP contribution in [0.2, 0.25) is 0 Å². The number of hydrogen-bond acceptors (Lipinski definition) is 2. The van der Waals surface area contributed by atoms with Gasteiger partial charge in [-0.25, -0.2) is 0 Å². The lowest BCUT2D eigenvalue weighted by molar-refractivity contribution is 0.481. The van der Waals surface area contributed by atoms with Crippen LogP contribution in [0.15, 0.2) is 53.4 Å². The fraction of sp³-hybridized carbons (Fsp3) is 0.143. The van der Waals surface area contributed by atoms with Crippen LogP contribution >= 0.6 is 11.8 Å². The molecule has 82 valence electrons. The Kier molecular flexibility index (Phi) is 3.52. The van der Waals surface area contributed by atoms with Crippen LogP contribution in [0, 0.1) is 6.92 Å². The van der Waals surface area contributed by atoms with Crippen LogP contribution in [0.4, 0.5) is 0 Å². The van der Waals surface area contributed by atoms with Gasteiger partial charge in [-0.05, 0) is 43.5 Å². The maximum Gasteiger partial charge on any atom is 0.128 e. The normalized spacial score (nSPS) is 10.1. The smallest absolute Gasteiger partial charge is 0.128 e. The summed E-state index contributed by atoms with van der Waals surface area (Å²) in [5.41, 5.74) is 1.24. The Labute approximate surface area is 100 Å². The van der Waals surface area contributed by atoms with Crippen molar-refractivity contribution in [1.29, 1.82) is 0 Å².